The predicted molar refractivity (Wildman–Crippen MR) is 110 cm³/mol. The molecule has 33 heavy (non-hydrogen) atoms. The minimum Gasteiger partial charge on any atom is -0.369 e. The van der Waals surface area contributed by atoms with Crippen LogP contribution in [0, 0.1) is 0 Å². The molecule has 0 saturated carbocycles. The van der Waals surface area contributed by atoms with E-state index in [0.717, 1.165) is 0 Å². The number of aliphatic hydroxyl groups is 1. The summed E-state index contributed by atoms with van der Waals surface area (Å²) < 4.78 is 105. The van der Waals surface area contributed by atoms with Gasteiger partial charge in [0, 0.05) is 54.9 Å². The highest BCUT2D eigenvalue weighted by Crippen LogP contribution is 2.49. The van der Waals surface area contributed by atoms with Gasteiger partial charge in [0.25, 0.3) is 5.60 Å². The van der Waals surface area contributed by atoms with E-state index in [1.165, 1.54) is 15.3 Å². The second kappa shape index (κ2) is 8.60. The smallest absolute Gasteiger partial charge is 0.369 e. The highest BCUT2D eigenvalue weighted by molar-refractivity contribution is 7.96. The van der Waals surface area contributed by atoms with Gasteiger partial charge in [-0.15, -0.1) is 0 Å². The minimum absolute atomic E-state index is 0.0137. The Morgan fingerprint density at radius 1 is 1.09 bits per heavy atom. The molecule has 1 aliphatic heterocycles. The van der Waals surface area contributed by atoms with Crippen LogP contribution in [0.4, 0.5) is 32.3 Å². The van der Waals surface area contributed by atoms with E-state index in [0.29, 0.717) is 6.42 Å². The van der Waals surface area contributed by atoms with Crippen LogP contribution in [-0.2, 0) is 15.6 Å². The quantitative estimate of drug-likeness (QED) is 0.487. The van der Waals surface area contributed by atoms with Crippen molar-refractivity contribution in [3.05, 3.63) is 41.1 Å². The van der Waals surface area contributed by atoms with E-state index in [1.807, 2.05) is 0 Å². The zero-order valence-electron chi connectivity index (χ0n) is 16.9. The largest absolute Gasteiger partial charge is 0.430 e. The van der Waals surface area contributed by atoms with Crippen molar-refractivity contribution < 1.29 is 39.9 Å². The number of alkyl halides is 6. The van der Waals surface area contributed by atoms with Crippen molar-refractivity contribution in [2.24, 2.45) is 0 Å². The number of rotatable bonds is 4. The van der Waals surface area contributed by atoms with Crippen LogP contribution >= 0.6 is 12.2 Å². The molecule has 0 unspecified atom stereocenters. The van der Waals surface area contributed by atoms with Crippen LogP contribution in [0.5, 0.6) is 0 Å². The Kier molecular flexibility index (Phi) is 6.65. The second-order valence-corrected chi connectivity index (χ2v) is 9.87. The first-order valence-electron chi connectivity index (χ1n) is 9.46. The molecule has 7 nitrogen and oxygen atoms in total. The number of aromatic nitrogens is 2. The molecule has 1 aromatic heterocycles. The molecule has 1 aromatic rings. The fraction of sp³-hybridized carbons (Fsp3) is 0.500. The van der Waals surface area contributed by atoms with Crippen LogP contribution in [0.25, 0.3) is 0 Å². The van der Waals surface area contributed by atoms with Crippen molar-refractivity contribution in [3.8, 4) is 0 Å². The van der Waals surface area contributed by atoms with Gasteiger partial charge in [-0.1, -0.05) is 24.4 Å². The van der Waals surface area contributed by atoms with Gasteiger partial charge in [-0.25, -0.2) is 18.4 Å². The van der Waals surface area contributed by atoms with Crippen LogP contribution in [0.3, 0.4) is 0 Å². The van der Waals surface area contributed by atoms with E-state index in [9.17, 15) is 39.9 Å². The highest BCUT2D eigenvalue weighted by atomic mass is 32.2. The Hall–Kier alpha value is -2.10. The Bertz CT molecular complexity index is 1070. The molecule has 1 atom stereocenters. The molecule has 0 radical (unpaired) electrons. The molecule has 1 fully saturated rings. The summed E-state index contributed by atoms with van der Waals surface area (Å²) in [7, 11) is -3.88. The Morgan fingerprint density at radius 2 is 1.67 bits per heavy atom. The Morgan fingerprint density at radius 3 is 2.15 bits per heavy atom. The molecule has 3 rings (SSSR count). The van der Waals surface area contributed by atoms with Crippen LogP contribution in [0.2, 0.25) is 0 Å². The van der Waals surface area contributed by atoms with Crippen molar-refractivity contribution in [3.63, 3.8) is 0 Å². The number of nitrogens with zero attached hydrogens (tertiary/aromatic N) is 4. The fourth-order valence-electron chi connectivity index (χ4n) is 3.48. The number of sulfonamides is 1. The molecule has 0 amide bonds. The van der Waals surface area contributed by atoms with Gasteiger partial charge >= 0.3 is 12.4 Å². The minimum atomic E-state index is -6.05. The van der Waals surface area contributed by atoms with Gasteiger partial charge in [-0.05, 0) is 13.0 Å². The van der Waals surface area contributed by atoms with Gasteiger partial charge < -0.3 is 10.0 Å². The number of allylic oxidation sites excluding steroid dienone is 4. The molecule has 0 bridgehead atoms. The first kappa shape index (κ1) is 25.5. The van der Waals surface area contributed by atoms with E-state index < -0.39 is 39.6 Å². The average molecular weight is 516 g/mol. The van der Waals surface area contributed by atoms with E-state index in [4.69, 9.17) is 12.2 Å². The van der Waals surface area contributed by atoms with Gasteiger partial charge in [0.1, 0.15) is 0 Å². The number of hydrogen-bond acceptors (Lipinski definition) is 7. The van der Waals surface area contributed by atoms with Crippen molar-refractivity contribution in [1.29, 1.82) is 0 Å². The van der Waals surface area contributed by atoms with E-state index in [2.05, 4.69) is 9.97 Å². The molecule has 15 heteroatoms. The third-order valence-corrected chi connectivity index (χ3v) is 7.77. The van der Waals surface area contributed by atoms with Gasteiger partial charge in [-0.2, -0.15) is 30.6 Å². The highest BCUT2D eigenvalue weighted by Gasteiger charge is 2.71. The molecule has 2 aliphatic rings. The molecule has 1 N–H and O–H groups in total. The number of thiocarbonyl (C=S) groups is 1. The maximum atomic E-state index is 13.0. The summed E-state index contributed by atoms with van der Waals surface area (Å²) in [6.45, 7) is 1.56. The Balaban J connectivity index is 1.81. The molecule has 182 valence electrons. The van der Waals surface area contributed by atoms with Crippen LogP contribution in [-0.4, -0.2) is 70.7 Å². The fourth-order valence-corrected chi connectivity index (χ4v) is 5.59. The summed E-state index contributed by atoms with van der Waals surface area (Å²) in [5, 5.41) is 9.44. The summed E-state index contributed by atoms with van der Waals surface area (Å²) in [5.41, 5.74) is -6.71. The predicted octanol–water partition coefficient (Wildman–Crippen LogP) is 2.84. The summed E-state index contributed by atoms with van der Waals surface area (Å²) in [6.07, 6.45) is -6.54. The third kappa shape index (κ3) is 4.50. The molecular formula is C18H18F6N4O3S2. The third-order valence-electron chi connectivity index (χ3n) is 5.30. The van der Waals surface area contributed by atoms with Crippen LogP contribution in [0.15, 0.2) is 35.5 Å². The monoisotopic (exact) mass is 516 g/mol. The molecular weight excluding hydrogens is 498 g/mol. The summed E-state index contributed by atoms with van der Waals surface area (Å²) in [6, 6.07) is -0.559. The van der Waals surface area contributed by atoms with E-state index >= 15 is 0 Å². The lowest BCUT2D eigenvalue weighted by Gasteiger charge is -2.39. The van der Waals surface area contributed by atoms with Gasteiger partial charge in [0.15, 0.2) is 0 Å². The second-order valence-electron chi connectivity index (χ2n) is 7.47. The SMILES string of the molecule is C[C@H]1CN(S(=O)(=O)C2=CC=CCC2=S)CCN1c1ncc(C(O)(C(F)(F)F)C(F)(F)F)cn1. The molecule has 1 aliphatic carbocycles. The lowest BCUT2D eigenvalue weighted by atomic mass is 9.95. The maximum Gasteiger partial charge on any atom is 0.430 e. The van der Waals surface area contributed by atoms with Crippen molar-refractivity contribution in [2.75, 3.05) is 24.5 Å². The summed E-state index contributed by atoms with van der Waals surface area (Å²) in [4.78, 5) is 8.89. The maximum absolute atomic E-state index is 13.0. The van der Waals surface area contributed by atoms with E-state index in [1.54, 1.807) is 19.1 Å². The van der Waals surface area contributed by atoms with Crippen LogP contribution in [0.1, 0.15) is 18.9 Å². The number of halogens is 6. The van der Waals surface area contributed by atoms with Crippen molar-refractivity contribution in [1.82, 2.24) is 14.3 Å². The molecule has 0 spiro atoms. The van der Waals surface area contributed by atoms with Gasteiger partial charge in [0.05, 0.1) is 4.91 Å². The zero-order valence-corrected chi connectivity index (χ0v) is 18.6. The number of piperazine rings is 1. The average Bonchev–Trinajstić information content (AvgIpc) is 2.72. The first-order chi connectivity index (χ1) is 15.1. The van der Waals surface area contributed by atoms with Gasteiger partial charge in [-0.3, -0.25) is 0 Å². The topological polar surface area (TPSA) is 86.6 Å². The standard InChI is InChI=1S/C18H18F6N4O3S2/c1-11-10-27(33(30,31)14-5-3-2-4-13(14)32)6-7-28(11)15-25-8-12(9-26-15)16(29,17(19,20)21)18(22,23)24/h2-3,5,8-9,11,29H,4,6-7,10H2,1H3/t11-/m0/s1. The van der Waals surface area contributed by atoms with E-state index in [-0.39, 0.29) is 47.7 Å². The lowest BCUT2D eigenvalue weighted by molar-refractivity contribution is -0.376. The number of hydrogen-bond donors (Lipinski definition) is 1. The first-order valence-corrected chi connectivity index (χ1v) is 11.3. The molecule has 0 aromatic carbocycles. The van der Waals surface area contributed by atoms with Crippen molar-refractivity contribution >= 4 is 33.1 Å². The van der Waals surface area contributed by atoms with Crippen LogP contribution < -0.4 is 4.90 Å². The van der Waals surface area contributed by atoms with Gasteiger partial charge in [0.2, 0.25) is 16.0 Å². The number of anilines is 1. The Labute approximate surface area is 190 Å². The normalized spacial score (nSPS) is 21.3. The summed E-state index contributed by atoms with van der Waals surface area (Å²) in [5.74, 6) is -0.203. The molecule has 1 saturated heterocycles. The zero-order chi connectivity index (χ0) is 24.8. The lowest BCUT2D eigenvalue weighted by Crippen LogP contribution is -2.55. The molecule has 2 heterocycles. The summed E-state index contributed by atoms with van der Waals surface area (Å²) >= 11 is 5.13. The van der Waals surface area contributed by atoms with Crippen molar-refractivity contribution in [2.45, 2.75) is 37.3 Å².